The minimum atomic E-state index is -0.606. The molecular weight excluding hydrogens is 430 g/mol. The molecule has 2 heterocycles. The molecule has 1 aliphatic rings. The average molecular weight is 450 g/mol. The molecule has 0 unspecified atom stereocenters. The molecule has 5 nitrogen and oxygen atoms in total. The number of hydrogen-bond donors (Lipinski definition) is 1. The zero-order valence-electron chi connectivity index (χ0n) is 16.6. The molecule has 1 aromatic heterocycles. The summed E-state index contributed by atoms with van der Waals surface area (Å²) in [6.45, 7) is 1.92. The number of hydrogen-bond acceptors (Lipinski definition) is 7. The van der Waals surface area contributed by atoms with Crippen LogP contribution in [0, 0.1) is 0 Å². The number of para-hydroxylation sites is 1. The third kappa shape index (κ3) is 5.13. The van der Waals surface area contributed by atoms with Gasteiger partial charge in [0.1, 0.15) is 22.1 Å². The summed E-state index contributed by atoms with van der Waals surface area (Å²) < 4.78 is 11.0. The summed E-state index contributed by atoms with van der Waals surface area (Å²) in [5.41, 5.74) is 0.743. The second-order valence-electron chi connectivity index (χ2n) is 6.38. The van der Waals surface area contributed by atoms with Gasteiger partial charge in [-0.25, -0.2) is 9.79 Å². The lowest BCUT2D eigenvalue weighted by atomic mass is 10.2. The van der Waals surface area contributed by atoms with Gasteiger partial charge in [0.2, 0.25) is 0 Å². The van der Waals surface area contributed by atoms with Crippen molar-refractivity contribution < 1.29 is 19.1 Å². The van der Waals surface area contributed by atoms with Crippen LogP contribution in [0.4, 0.5) is 5.69 Å². The molecular formula is C24H19NO4S2. The van der Waals surface area contributed by atoms with E-state index in [1.165, 1.54) is 23.5 Å². The third-order valence-electron chi connectivity index (χ3n) is 4.19. The van der Waals surface area contributed by atoms with Gasteiger partial charge in [-0.05, 0) is 49.4 Å². The van der Waals surface area contributed by atoms with E-state index in [1.54, 1.807) is 13.0 Å². The van der Waals surface area contributed by atoms with Crippen molar-refractivity contribution in [2.45, 2.75) is 16.9 Å². The predicted octanol–water partition coefficient (Wildman–Crippen LogP) is 6.62. The Balaban J connectivity index is 1.63. The van der Waals surface area contributed by atoms with Crippen LogP contribution < -0.4 is 0 Å². The zero-order chi connectivity index (χ0) is 21.6. The molecule has 156 valence electrons. The van der Waals surface area contributed by atoms with Crippen molar-refractivity contribution in [3.05, 3.63) is 94.8 Å². The maximum Gasteiger partial charge on any atom is 0.344 e. The maximum atomic E-state index is 12.5. The van der Waals surface area contributed by atoms with Crippen LogP contribution in [0.5, 0.6) is 0 Å². The quantitative estimate of drug-likeness (QED) is 0.426. The van der Waals surface area contributed by atoms with Crippen molar-refractivity contribution in [2.75, 3.05) is 6.61 Å². The van der Waals surface area contributed by atoms with E-state index >= 15 is 0 Å². The Bertz CT molecular complexity index is 1160. The molecule has 4 rings (SSSR count). The van der Waals surface area contributed by atoms with E-state index in [4.69, 9.17) is 9.15 Å². The number of carbonyl (C=O) groups is 1. The second-order valence-corrected chi connectivity index (χ2v) is 8.49. The topological polar surface area (TPSA) is 72.0 Å². The van der Waals surface area contributed by atoms with E-state index < -0.39 is 5.97 Å². The van der Waals surface area contributed by atoms with Crippen LogP contribution in [-0.4, -0.2) is 22.7 Å². The van der Waals surface area contributed by atoms with E-state index in [9.17, 15) is 9.90 Å². The first-order chi connectivity index (χ1) is 15.1. The Kier molecular flexibility index (Phi) is 6.64. The average Bonchev–Trinajstić information content (AvgIpc) is 3.34. The van der Waals surface area contributed by atoms with E-state index in [-0.39, 0.29) is 17.9 Å². The van der Waals surface area contributed by atoms with Gasteiger partial charge in [0.25, 0.3) is 0 Å². The van der Waals surface area contributed by atoms with Gasteiger partial charge in [-0.15, -0.1) is 0 Å². The molecule has 1 N–H and O–H groups in total. The highest BCUT2D eigenvalue weighted by Crippen LogP contribution is 2.40. The molecule has 7 heteroatoms. The van der Waals surface area contributed by atoms with Crippen molar-refractivity contribution >= 4 is 46.3 Å². The van der Waals surface area contributed by atoms with Gasteiger partial charge in [-0.2, -0.15) is 0 Å². The number of ether oxygens (including phenoxy) is 1. The summed E-state index contributed by atoms with van der Waals surface area (Å²) in [6, 6.07) is 22.9. The molecule has 0 atom stereocenters. The lowest BCUT2D eigenvalue weighted by Crippen LogP contribution is -2.12. The molecule has 3 aromatic rings. The lowest BCUT2D eigenvalue weighted by molar-refractivity contribution is -0.138. The summed E-state index contributed by atoms with van der Waals surface area (Å²) in [7, 11) is 0. The molecule has 0 saturated heterocycles. The first-order valence-electron chi connectivity index (χ1n) is 9.61. The number of thioether (sulfide) groups is 1. The van der Waals surface area contributed by atoms with Crippen LogP contribution in [0.15, 0.2) is 108 Å². The standard InChI is InChI=1S/C24H19NO4S2/c1-2-28-24(27)21-22(26)19(31-23(21)25-16-9-5-3-6-10-16)15-17-13-14-20(29-17)30-18-11-7-4-8-12-18/h3-15,26H,2H2,1H3/b19-15+,25-23?. The number of aliphatic hydroxyl groups is 1. The first-order valence-corrected chi connectivity index (χ1v) is 11.2. The van der Waals surface area contributed by atoms with E-state index in [0.29, 0.717) is 21.4 Å². The Morgan fingerprint density at radius 2 is 1.81 bits per heavy atom. The Labute approximate surface area is 188 Å². The highest BCUT2D eigenvalue weighted by atomic mass is 32.2. The van der Waals surface area contributed by atoms with Crippen LogP contribution in [-0.2, 0) is 9.53 Å². The normalized spacial score (nSPS) is 16.3. The van der Waals surface area contributed by atoms with E-state index in [1.807, 2.05) is 72.8 Å². The summed E-state index contributed by atoms with van der Waals surface area (Å²) in [5, 5.41) is 11.9. The second kappa shape index (κ2) is 9.76. The van der Waals surface area contributed by atoms with Gasteiger partial charge in [0, 0.05) is 4.90 Å². The van der Waals surface area contributed by atoms with Gasteiger partial charge in [0.15, 0.2) is 5.09 Å². The smallest absolute Gasteiger partial charge is 0.344 e. The number of benzene rings is 2. The van der Waals surface area contributed by atoms with Crippen LogP contribution in [0.25, 0.3) is 6.08 Å². The van der Waals surface area contributed by atoms with E-state index in [2.05, 4.69) is 4.99 Å². The molecule has 1 aliphatic heterocycles. The molecule has 0 bridgehead atoms. The molecule has 0 spiro atoms. The molecule has 0 aliphatic carbocycles. The maximum absolute atomic E-state index is 12.5. The number of esters is 1. The number of carbonyl (C=O) groups excluding carboxylic acids is 1. The van der Waals surface area contributed by atoms with Crippen LogP contribution in [0.3, 0.4) is 0 Å². The van der Waals surface area contributed by atoms with Crippen molar-refractivity contribution in [2.24, 2.45) is 4.99 Å². The molecule has 0 radical (unpaired) electrons. The number of rotatable bonds is 6. The molecule has 0 fully saturated rings. The predicted molar refractivity (Wildman–Crippen MR) is 125 cm³/mol. The highest BCUT2D eigenvalue weighted by molar-refractivity contribution is 8.18. The number of furan rings is 1. The Morgan fingerprint density at radius 1 is 1.10 bits per heavy atom. The largest absolute Gasteiger partial charge is 0.506 e. The fourth-order valence-corrected chi connectivity index (χ4v) is 4.63. The first kappa shape index (κ1) is 21.1. The fraction of sp³-hybridized carbons (Fsp3) is 0.0833. The van der Waals surface area contributed by atoms with Crippen molar-refractivity contribution in [1.29, 1.82) is 0 Å². The Morgan fingerprint density at radius 3 is 2.52 bits per heavy atom. The van der Waals surface area contributed by atoms with Gasteiger partial charge in [0.05, 0.1) is 17.2 Å². The van der Waals surface area contributed by atoms with Crippen LogP contribution in [0.2, 0.25) is 0 Å². The Hall–Kier alpha value is -3.16. The number of aliphatic hydroxyl groups excluding tert-OH is 1. The number of nitrogens with zero attached hydrogens (tertiary/aromatic N) is 1. The van der Waals surface area contributed by atoms with Crippen molar-refractivity contribution in [3.63, 3.8) is 0 Å². The zero-order valence-corrected chi connectivity index (χ0v) is 18.3. The van der Waals surface area contributed by atoms with Gasteiger partial charge >= 0.3 is 5.97 Å². The SMILES string of the molecule is CCOC(=O)C1=C(O)/C(=C\c2ccc(Sc3ccccc3)o2)SC1=Nc1ccccc1. The number of aliphatic imine (C=N–C) groups is 1. The summed E-state index contributed by atoms with van der Waals surface area (Å²) in [5.74, 6) is -0.200. The summed E-state index contributed by atoms with van der Waals surface area (Å²) >= 11 is 2.71. The van der Waals surface area contributed by atoms with Crippen molar-refractivity contribution in [1.82, 2.24) is 0 Å². The third-order valence-corrected chi connectivity index (χ3v) is 6.14. The van der Waals surface area contributed by atoms with Crippen molar-refractivity contribution in [3.8, 4) is 0 Å². The molecule has 0 saturated carbocycles. The lowest BCUT2D eigenvalue weighted by Gasteiger charge is -2.03. The fourth-order valence-electron chi connectivity index (χ4n) is 2.81. The van der Waals surface area contributed by atoms with E-state index in [0.717, 1.165) is 9.99 Å². The highest BCUT2D eigenvalue weighted by Gasteiger charge is 2.33. The molecule has 31 heavy (non-hydrogen) atoms. The van der Waals surface area contributed by atoms with Gasteiger partial charge < -0.3 is 14.3 Å². The minimum Gasteiger partial charge on any atom is -0.506 e. The van der Waals surface area contributed by atoms with Gasteiger partial charge in [-0.1, -0.05) is 59.9 Å². The monoisotopic (exact) mass is 449 g/mol. The van der Waals surface area contributed by atoms with Crippen LogP contribution in [0.1, 0.15) is 12.7 Å². The van der Waals surface area contributed by atoms with Crippen LogP contribution >= 0.6 is 23.5 Å². The minimum absolute atomic E-state index is 0.0624. The molecule has 2 aromatic carbocycles. The summed E-state index contributed by atoms with van der Waals surface area (Å²) in [6.07, 6.45) is 1.70. The molecule has 0 amide bonds. The van der Waals surface area contributed by atoms with Gasteiger partial charge in [-0.3, -0.25) is 0 Å². The summed E-state index contributed by atoms with van der Waals surface area (Å²) in [4.78, 5) is 18.5.